The summed E-state index contributed by atoms with van der Waals surface area (Å²) in [6.45, 7) is 1.44. The summed E-state index contributed by atoms with van der Waals surface area (Å²) in [5.41, 5.74) is 1.15. The van der Waals surface area contributed by atoms with E-state index in [2.05, 4.69) is 10.3 Å². The van der Waals surface area contributed by atoms with E-state index in [9.17, 15) is 9.59 Å². The van der Waals surface area contributed by atoms with Gasteiger partial charge in [0.15, 0.2) is 6.61 Å². The maximum atomic E-state index is 11.9. The van der Waals surface area contributed by atoms with Gasteiger partial charge in [0.25, 0.3) is 5.91 Å². The van der Waals surface area contributed by atoms with Crippen molar-refractivity contribution >= 4 is 17.7 Å². The molecule has 2 aromatic rings. The highest BCUT2D eigenvalue weighted by atomic mass is 16.5. The van der Waals surface area contributed by atoms with Gasteiger partial charge in [-0.15, -0.1) is 0 Å². The smallest absolute Gasteiger partial charge is 0.338 e. The lowest BCUT2D eigenvalue weighted by molar-refractivity contribution is -0.119. The van der Waals surface area contributed by atoms with E-state index in [0.29, 0.717) is 17.1 Å². The van der Waals surface area contributed by atoms with Crippen molar-refractivity contribution in [2.24, 2.45) is 0 Å². The fraction of sp³-hybridized carbons (Fsp3) is 0.188. The Bertz CT molecular complexity index is 685. The molecular weight excluding hydrogens is 284 g/mol. The molecule has 1 aromatic heterocycles. The van der Waals surface area contributed by atoms with Crippen molar-refractivity contribution < 1.29 is 19.1 Å². The number of hydrogen-bond acceptors (Lipinski definition) is 5. The Morgan fingerprint density at radius 3 is 2.77 bits per heavy atom. The Balaban J connectivity index is 1.90. The van der Waals surface area contributed by atoms with Gasteiger partial charge < -0.3 is 14.8 Å². The highest BCUT2D eigenvalue weighted by Gasteiger charge is 2.12. The fourth-order valence-corrected chi connectivity index (χ4v) is 1.75. The van der Waals surface area contributed by atoms with E-state index in [1.165, 1.54) is 7.11 Å². The molecule has 6 heteroatoms. The first kappa shape index (κ1) is 15.5. The molecule has 1 heterocycles. The van der Waals surface area contributed by atoms with Gasteiger partial charge >= 0.3 is 5.97 Å². The van der Waals surface area contributed by atoms with Crippen molar-refractivity contribution in [1.82, 2.24) is 4.98 Å². The molecule has 0 saturated heterocycles. The second kappa shape index (κ2) is 7.21. The Labute approximate surface area is 128 Å². The second-order valence-electron chi connectivity index (χ2n) is 4.53. The molecule has 1 aromatic carbocycles. The van der Waals surface area contributed by atoms with Crippen LogP contribution in [0.25, 0.3) is 0 Å². The summed E-state index contributed by atoms with van der Waals surface area (Å²) >= 11 is 0. The van der Waals surface area contributed by atoms with Crippen molar-refractivity contribution in [3.8, 4) is 5.75 Å². The first-order valence-electron chi connectivity index (χ1n) is 6.63. The predicted octanol–water partition coefficient (Wildman–Crippen LogP) is 2.19. The maximum Gasteiger partial charge on any atom is 0.338 e. The standard InChI is InChI=1S/C16H16N2O4/c1-11-5-4-8-17-15(11)18-14(19)10-22-16(20)12-6-3-7-13(9-12)21-2/h3-9H,10H2,1-2H3,(H,17,18,19). The number of aryl methyl sites for hydroxylation is 1. The Morgan fingerprint density at radius 1 is 1.23 bits per heavy atom. The zero-order valence-electron chi connectivity index (χ0n) is 12.3. The third-order valence-corrected chi connectivity index (χ3v) is 2.91. The lowest BCUT2D eigenvalue weighted by Crippen LogP contribution is -2.21. The summed E-state index contributed by atoms with van der Waals surface area (Å²) in [6.07, 6.45) is 1.57. The molecule has 0 radical (unpaired) electrons. The predicted molar refractivity (Wildman–Crippen MR) is 80.9 cm³/mol. The van der Waals surface area contributed by atoms with E-state index in [1.807, 2.05) is 13.0 Å². The topological polar surface area (TPSA) is 77.5 Å². The molecular formula is C16H16N2O4. The molecule has 0 fully saturated rings. The van der Waals surface area contributed by atoms with Crippen LogP contribution >= 0.6 is 0 Å². The Kier molecular flexibility index (Phi) is 5.08. The molecule has 0 saturated carbocycles. The lowest BCUT2D eigenvalue weighted by atomic mass is 10.2. The number of ether oxygens (including phenoxy) is 2. The first-order chi connectivity index (χ1) is 10.6. The molecule has 0 spiro atoms. The summed E-state index contributed by atoms with van der Waals surface area (Å²) < 4.78 is 9.99. The minimum Gasteiger partial charge on any atom is -0.497 e. The zero-order chi connectivity index (χ0) is 15.9. The number of methoxy groups -OCH3 is 1. The number of anilines is 1. The van der Waals surface area contributed by atoms with Crippen LogP contribution < -0.4 is 10.1 Å². The number of pyridine rings is 1. The third-order valence-electron chi connectivity index (χ3n) is 2.91. The summed E-state index contributed by atoms with van der Waals surface area (Å²) in [5.74, 6) is -0.0437. The summed E-state index contributed by atoms with van der Waals surface area (Å²) in [5, 5.41) is 2.59. The number of carbonyl (C=O) groups is 2. The number of hydrogen-bond donors (Lipinski definition) is 1. The number of nitrogens with zero attached hydrogens (tertiary/aromatic N) is 1. The van der Waals surface area contributed by atoms with Crippen LogP contribution in [-0.2, 0) is 9.53 Å². The number of esters is 1. The molecule has 0 aliphatic heterocycles. The lowest BCUT2D eigenvalue weighted by Gasteiger charge is -2.08. The normalized spacial score (nSPS) is 9.91. The summed E-state index contributed by atoms with van der Waals surface area (Å²) in [7, 11) is 1.51. The van der Waals surface area contributed by atoms with Gasteiger partial charge in [-0.1, -0.05) is 12.1 Å². The second-order valence-corrected chi connectivity index (χ2v) is 4.53. The van der Waals surface area contributed by atoms with E-state index in [1.54, 1.807) is 36.5 Å². The van der Waals surface area contributed by atoms with Crippen molar-refractivity contribution in [1.29, 1.82) is 0 Å². The van der Waals surface area contributed by atoms with E-state index < -0.39 is 11.9 Å². The molecule has 22 heavy (non-hydrogen) atoms. The van der Waals surface area contributed by atoms with Gasteiger partial charge in [-0.25, -0.2) is 9.78 Å². The molecule has 0 aliphatic rings. The number of amides is 1. The van der Waals surface area contributed by atoms with E-state index in [-0.39, 0.29) is 6.61 Å². The van der Waals surface area contributed by atoms with Crippen LogP contribution in [0.4, 0.5) is 5.82 Å². The number of aromatic nitrogens is 1. The van der Waals surface area contributed by atoms with Crippen molar-refractivity contribution in [2.45, 2.75) is 6.92 Å². The Hall–Kier alpha value is -2.89. The molecule has 1 amide bonds. The minimum atomic E-state index is -0.591. The van der Waals surface area contributed by atoms with Gasteiger partial charge in [0.2, 0.25) is 0 Å². The van der Waals surface area contributed by atoms with Gasteiger partial charge in [-0.2, -0.15) is 0 Å². The molecule has 1 N–H and O–H groups in total. The Morgan fingerprint density at radius 2 is 2.05 bits per heavy atom. The number of carbonyl (C=O) groups excluding carboxylic acids is 2. The monoisotopic (exact) mass is 300 g/mol. The van der Waals surface area contributed by atoms with Crippen LogP contribution in [0, 0.1) is 6.92 Å². The van der Waals surface area contributed by atoms with Crippen LogP contribution in [0.1, 0.15) is 15.9 Å². The largest absolute Gasteiger partial charge is 0.497 e. The van der Waals surface area contributed by atoms with Gasteiger partial charge in [0.1, 0.15) is 11.6 Å². The molecule has 0 bridgehead atoms. The minimum absolute atomic E-state index is 0.321. The van der Waals surface area contributed by atoms with Crippen LogP contribution in [0.2, 0.25) is 0 Å². The maximum absolute atomic E-state index is 11.9. The number of nitrogens with one attached hydrogen (secondary N) is 1. The van der Waals surface area contributed by atoms with Gasteiger partial charge in [-0.3, -0.25) is 4.79 Å². The van der Waals surface area contributed by atoms with Crippen molar-refractivity contribution in [2.75, 3.05) is 19.0 Å². The van der Waals surface area contributed by atoms with Crippen molar-refractivity contribution in [3.63, 3.8) is 0 Å². The van der Waals surface area contributed by atoms with Crippen molar-refractivity contribution in [3.05, 3.63) is 53.7 Å². The van der Waals surface area contributed by atoms with E-state index >= 15 is 0 Å². The molecule has 0 aliphatic carbocycles. The van der Waals surface area contributed by atoms with Crippen LogP contribution in [-0.4, -0.2) is 30.6 Å². The quantitative estimate of drug-likeness (QED) is 0.856. The number of rotatable bonds is 5. The van der Waals surface area contributed by atoms with Crippen LogP contribution in [0.3, 0.4) is 0 Å². The van der Waals surface area contributed by atoms with Gasteiger partial charge in [0.05, 0.1) is 12.7 Å². The van der Waals surface area contributed by atoms with E-state index in [0.717, 1.165) is 5.56 Å². The van der Waals surface area contributed by atoms with Crippen LogP contribution in [0.15, 0.2) is 42.6 Å². The summed E-state index contributed by atoms with van der Waals surface area (Å²) in [4.78, 5) is 27.7. The SMILES string of the molecule is COc1cccc(C(=O)OCC(=O)Nc2ncccc2C)c1. The summed E-state index contributed by atoms with van der Waals surface area (Å²) in [6, 6.07) is 10.1. The molecule has 2 rings (SSSR count). The van der Waals surface area contributed by atoms with Gasteiger partial charge in [0, 0.05) is 6.20 Å². The van der Waals surface area contributed by atoms with E-state index in [4.69, 9.17) is 9.47 Å². The van der Waals surface area contributed by atoms with Crippen LogP contribution in [0.5, 0.6) is 5.75 Å². The fourth-order valence-electron chi connectivity index (χ4n) is 1.75. The third kappa shape index (κ3) is 4.05. The average Bonchev–Trinajstić information content (AvgIpc) is 2.55. The number of benzene rings is 1. The highest BCUT2D eigenvalue weighted by molar-refractivity contribution is 5.95. The highest BCUT2D eigenvalue weighted by Crippen LogP contribution is 2.13. The average molecular weight is 300 g/mol. The molecule has 6 nitrogen and oxygen atoms in total. The molecule has 0 atom stereocenters. The zero-order valence-corrected chi connectivity index (χ0v) is 12.3. The first-order valence-corrected chi connectivity index (χ1v) is 6.63. The molecule has 0 unspecified atom stereocenters. The molecule has 114 valence electrons. The van der Waals surface area contributed by atoms with Gasteiger partial charge in [-0.05, 0) is 36.8 Å².